The Hall–Kier alpha value is -2.63. The predicted octanol–water partition coefficient (Wildman–Crippen LogP) is 3.12. The van der Waals surface area contributed by atoms with E-state index >= 15 is 0 Å². The first-order valence-electron chi connectivity index (χ1n) is 9.63. The van der Waals surface area contributed by atoms with Crippen molar-refractivity contribution >= 4 is 11.8 Å². The molecule has 2 N–H and O–H groups in total. The molecule has 1 saturated heterocycles. The Kier molecular flexibility index (Phi) is 7.02. The number of nitrogens with one attached hydrogen (secondary N) is 2. The SMILES string of the molecule is CN=C(NCCc1ccc(F)cc1)NCc1ccnc(N2CCCCC2)c1. The van der Waals surface area contributed by atoms with E-state index < -0.39 is 0 Å². The van der Waals surface area contributed by atoms with Gasteiger partial charge in [-0.1, -0.05) is 12.1 Å². The van der Waals surface area contributed by atoms with Gasteiger partial charge in [-0.2, -0.15) is 0 Å². The van der Waals surface area contributed by atoms with Crippen molar-refractivity contribution in [2.24, 2.45) is 4.99 Å². The first-order valence-corrected chi connectivity index (χ1v) is 9.63. The van der Waals surface area contributed by atoms with Crippen molar-refractivity contribution < 1.29 is 4.39 Å². The molecule has 0 bridgehead atoms. The summed E-state index contributed by atoms with van der Waals surface area (Å²) >= 11 is 0. The molecule has 0 atom stereocenters. The maximum Gasteiger partial charge on any atom is 0.191 e. The summed E-state index contributed by atoms with van der Waals surface area (Å²) in [4.78, 5) is 11.2. The predicted molar refractivity (Wildman–Crippen MR) is 109 cm³/mol. The molecule has 0 spiro atoms. The fourth-order valence-electron chi connectivity index (χ4n) is 3.25. The van der Waals surface area contributed by atoms with E-state index in [1.54, 1.807) is 7.05 Å². The fraction of sp³-hybridized carbons (Fsp3) is 0.429. The zero-order valence-corrected chi connectivity index (χ0v) is 15.9. The number of aliphatic imine (C=N–C) groups is 1. The Morgan fingerprint density at radius 3 is 2.59 bits per heavy atom. The molecule has 0 aliphatic carbocycles. The number of hydrogen-bond acceptors (Lipinski definition) is 3. The molecule has 2 aromatic rings. The number of rotatable bonds is 6. The molecule has 1 aliphatic heterocycles. The second-order valence-electron chi connectivity index (χ2n) is 6.80. The molecule has 0 unspecified atom stereocenters. The Bertz CT molecular complexity index is 738. The van der Waals surface area contributed by atoms with Crippen molar-refractivity contribution in [3.05, 3.63) is 59.5 Å². The van der Waals surface area contributed by atoms with Crippen molar-refractivity contribution in [3.8, 4) is 0 Å². The van der Waals surface area contributed by atoms with Crippen LogP contribution >= 0.6 is 0 Å². The number of aromatic nitrogens is 1. The van der Waals surface area contributed by atoms with Crippen molar-refractivity contribution in [1.29, 1.82) is 0 Å². The quantitative estimate of drug-likeness (QED) is 0.607. The Labute approximate surface area is 160 Å². The molecule has 5 nitrogen and oxygen atoms in total. The minimum absolute atomic E-state index is 0.203. The van der Waals surface area contributed by atoms with Gasteiger partial charge in [-0.15, -0.1) is 0 Å². The number of benzene rings is 1. The summed E-state index contributed by atoms with van der Waals surface area (Å²) in [5.41, 5.74) is 2.28. The van der Waals surface area contributed by atoms with Crippen LogP contribution in [0, 0.1) is 5.82 Å². The second-order valence-corrected chi connectivity index (χ2v) is 6.80. The van der Waals surface area contributed by atoms with E-state index in [2.05, 4.69) is 31.6 Å². The lowest BCUT2D eigenvalue weighted by atomic mass is 10.1. The third-order valence-electron chi connectivity index (χ3n) is 4.79. The molecule has 6 heteroatoms. The van der Waals surface area contributed by atoms with Crippen LogP contribution in [0.1, 0.15) is 30.4 Å². The van der Waals surface area contributed by atoms with Gasteiger partial charge >= 0.3 is 0 Å². The monoisotopic (exact) mass is 369 g/mol. The average Bonchev–Trinajstić information content (AvgIpc) is 2.73. The summed E-state index contributed by atoms with van der Waals surface area (Å²) < 4.78 is 12.9. The van der Waals surface area contributed by atoms with Gasteiger partial charge in [0.1, 0.15) is 11.6 Å². The van der Waals surface area contributed by atoms with Crippen LogP contribution in [0.2, 0.25) is 0 Å². The highest BCUT2D eigenvalue weighted by atomic mass is 19.1. The molecular formula is C21H28FN5. The summed E-state index contributed by atoms with van der Waals surface area (Å²) in [5.74, 6) is 1.62. The third kappa shape index (κ3) is 5.94. The molecule has 1 aliphatic rings. The number of piperidine rings is 1. The Morgan fingerprint density at radius 2 is 1.85 bits per heavy atom. The van der Waals surface area contributed by atoms with E-state index in [1.807, 2.05) is 24.4 Å². The van der Waals surface area contributed by atoms with Crippen molar-refractivity contribution in [1.82, 2.24) is 15.6 Å². The molecule has 1 aromatic heterocycles. The third-order valence-corrected chi connectivity index (χ3v) is 4.79. The van der Waals surface area contributed by atoms with Gasteiger partial charge in [0.15, 0.2) is 5.96 Å². The molecule has 27 heavy (non-hydrogen) atoms. The summed E-state index contributed by atoms with van der Waals surface area (Å²) in [6.45, 7) is 3.62. The van der Waals surface area contributed by atoms with Gasteiger partial charge in [-0.05, 0) is 61.1 Å². The highest BCUT2D eigenvalue weighted by Crippen LogP contribution is 2.18. The normalized spacial score (nSPS) is 14.9. The second kappa shape index (κ2) is 9.90. The first kappa shape index (κ1) is 19.1. The molecule has 1 fully saturated rings. The Balaban J connectivity index is 1.46. The summed E-state index contributed by atoms with van der Waals surface area (Å²) in [6.07, 6.45) is 6.50. The van der Waals surface area contributed by atoms with Gasteiger partial charge in [0, 0.05) is 39.4 Å². The fourth-order valence-corrected chi connectivity index (χ4v) is 3.25. The van der Waals surface area contributed by atoms with Crippen LogP contribution in [-0.2, 0) is 13.0 Å². The molecule has 0 radical (unpaired) electrons. The Morgan fingerprint density at radius 1 is 1.07 bits per heavy atom. The molecule has 0 saturated carbocycles. The van der Waals surface area contributed by atoms with Crippen LogP contribution in [0.15, 0.2) is 47.6 Å². The number of pyridine rings is 1. The number of guanidine groups is 1. The van der Waals surface area contributed by atoms with Gasteiger partial charge < -0.3 is 15.5 Å². The van der Waals surface area contributed by atoms with Crippen molar-refractivity contribution in [2.45, 2.75) is 32.2 Å². The molecule has 2 heterocycles. The number of anilines is 1. The van der Waals surface area contributed by atoms with Crippen LogP contribution < -0.4 is 15.5 Å². The van der Waals surface area contributed by atoms with E-state index in [-0.39, 0.29) is 5.82 Å². The van der Waals surface area contributed by atoms with Gasteiger partial charge in [0.25, 0.3) is 0 Å². The molecular weight excluding hydrogens is 341 g/mol. The lowest BCUT2D eigenvalue weighted by Gasteiger charge is -2.28. The number of hydrogen-bond donors (Lipinski definition) is 2. The van der Waals surface area contributed by atoms with Crippen LogP contribution in [0.4, 0.5) is 10.2 Å². The standard InChI is InChI=1S/C21H28FN5/c1-23-21(25-12-9-17-5-7-19(22)8-6-17)26-16-18-10-11-24-20(15-18)27-13-3-2-4-14-27/h5-8,10-11,15H,2-4,9,12-14,16H2,1H3,(H2,23,25,26). The van der Waals surface area contributed by atoms with Gasteiger partial charge in [-0.3, -0.25) is 4.99 Å². The molecule has 1 aromatic carbocycles. The number of nitrogens with zero attached hydrogens (tertiary/aromatic N) is 3. The smallest absolute Gasteiger partial charge is 0.191 e. The van der Waals surface area contributed by atoms with Gasteiger partial charge in [0.05, 0.1) is 0 Å². The maximum absolute atomic E-state index is 12.9. The van der Waals surface area contributed by atoms with Crippen LogP contribution in [-0.4, -0.2) is 37.6 Å². The first-order chi connectivity index (χ1) is 13.2. The largest absolute Gasteiger partial charge is 0.357 e. The molecule has 3 rings (SSSR count). The molecule has 0 amide bonds. The van der Waals surface area contributed by atoms with E-state index in [0.29, 0.717) is 6.54 Å². The zero-order chi connectivity index (χ0) is 18.9. The minimum atomic E-state index is -0.203. The van der Waals surface area contributed by atoms with Crippen LogP contribution in [0.25, 0.3) is 0 Å². The summed E-state index contributed by atoms with van der Waals surface area (Å²) in [7, 11) is 1.76. The van der Waals surface area contributed by atoms with E-state index in [9.17, 15) is 4.39 Å². The highest BCUT2D eigenvalue weighted by Gasteiger charge is 2.12. The lowest BCUT2D eigenvalue weighted by molar-refractivity contribution is 0.573. The summed E-state index contributed by atoms with van der Waals surface area (Å²) in [5, 5.41) is 6.64. The molecule has 144 valence electrons. The maximum atomic E-state index is 12.9. The summed E-state index contributed by atoms with van der Waals surface area (Å²) in [6, 6.07) is 10.8. The zero-order valence-electron chi connectivity index (χ0n) is 15.9. The van der Waals surface area contributed by atoms with Gasteiger partial charge in [-0.25, -0.2) is 9.37 Å². The minimum Gasteiger partial charge on any atom is -0.357 e. The van der Waals surface area contributed by atoms with Crippen molar-refractivity contribution in [2.75, 3.05) is 31.6 Å². The topological polar surface area (TPSA) is 52.6 Å². The van der Waals surface area contributed by atoms with E-state index in [0.717, 1.165) is 43.4 Å². The van der Waals surface area contributed by atoms with Crippen molar-refractivity contribution in [3.63, 3.8) is 0 Å². The number of halogens is 1. The van der Waals surface area contributed by atoms with Crippen LogP contribution in [0.3, 0.4) is 0 Å². The lowest BCUT2D eigenvalue weighted by Crippen LogP contribution is -2.38. The van der Waals surface area contributed by atoms with Crippen LogP contribution in [0.5, 0.6) is 0 Å². The highest BCUT2D eigenvalue weighted by molar-refractivity contribution is 5.79. The van der Waals surface area contributed by atoms with E-state index in [1.165, 1.54) is 37.0 Å². The van der Waals surface area contributed by atoms with E-state index in [4.69, 9.17) is 0 Å². The van der Waals surface area contributed by atoms with Gasteiger partial charge in [0.2, 0.25) is 0 Å². The average molecular weight is 369 g/mol.